The van der Waals surface area contributed by atoms with Gasteiger partial charge in [-0.3, -0.25) is 9.69 Å². The van der Waals surface area contributed by atoms with E-state index in [9.17, 15) is 14.7 Å². The maximum absolute atomic E-state index is 13.5. The van der Waals surface area contributed by atoms with Gasteiger partial charge in [0, 0.05) is 24.5 Å². The first-order valence-electron chi connectivity index (χ1n) is 14.1. The quantitative estimate of drug-likeness (QED) is 0.406. The minimum atomic E-state index is -1.17. The molecule has 5 aliphatic carbocycles. The largest absolute Gasteiger partial charge is 0.481 e. The molecular formula is C29H43NO5. The first-order chi connectivity index (χ1) is 16.7. The Balaban J connectivity index is 1.35. The fourth-order valence-electron chi connectivity index (χ4n) is 9.64. The van der Waals surface area contributed by atoms with Crippen LogP contribution < -0.4 is 0 Å². The van der Waals surface area contributed by atoms with Crippen LogP contribution in [0, 0.1) is 51.8 Å². The van der Waals surface area contributed by atoms with Crippen LogP contribution in [0.25, 0.3) is 0 Å². The lowest BCUT2D eigenvalue weighted by Gasteiger charge is -2.58. The molecule has 4 bridgehead atoms. The minimum Gasteiger partial charge on any atom is -0.481 e. The summed E-state index contributed by atoms with van der Waals surface area (Å²) in [4.78, 5) is 29.1. The molecular weight excluding hydrogens is 442 g/mol. The molecule has 3 unspecified atom stereocenters. The Kier molecular flexibility index (Phi) is 5.60. The summed E-state index contributed by atoms with van der Waals surface area (Å²) in [5, 5.41) is 11.1. The normalized spacial score (nSPS) is 48.8. The summed E-state index contributed by atoms with van der Waals surface area (Å²) in [6, 6.07) is 0.383. The molecule has 5 fully saturated rings. The fraction of sp³-hybridized carbons (Fsp3) is 0.862. The summed E-state index contributed by atoms with van der Waals surface area (Å²) >= 11 is 0. The van der Waals surface area contributed by atoms with Gasteiger partial charge in [-0.2, -0.15) is 0 Å². The number of rotatable bonds is 8. The predicted octanol–water partition coefficient (Wildman–Crippen LogP) is 4.38. The van der Waals surface area contributed by atoms with E-state index in [4.69, 9.17) is 9.47 Å². The van der Waals surface area contributed by atoms with E-state index in [2.05, 4.69) is 38.7 Å². The van der Waals surface area contributed by atoms with Gasteiger partial charge >= 0.3 is 5.97 Å². The van der Waals surface area contributed by atoms with Crippen molar-refractivity contribution in [2.24, 2.45) is 51.8 Å². The Labute approximate surface area is 209 Å². The Bertz CT molecular complexity index is 928. The Morgan fingerprint density at radius 2 is 2.03 bits per heavy atom. The van der Waals surface area contributed by atoms with Gasteiger partial charge in [0.15, 0.2) is 6.29 Å². The van der Waals surface area contributed by atoms with Gasteiger partial charge in [0.25, 0.3) is 0 Å². The molecule has 1 aliphatic heterocycles. The lowest BCUT2D eigenvalue weighted by Crippen LogP contribution is -2.64. The van der Waals surface area contributed by atoms with Crippen LogP contribution in [-0.2, 0) is 19.1 Å². The van der Waals surface area contributed by atoms with Gasteiger partial charge in [0.1, 0.15) is 11.7 Å². The molecule has 0 aromatic carbocycles. The highest BCUT2D eigenvalue weighted by Gasteiger charge is 2.84. The van der Waals surface area contributed by atoms with Gasteiger partial charge in [-0.1, -0.05) is 38.8 Å². The highest BCUT2D eigenvalue weighted by atomic mass is 16.7. The molecule has 0 aromatic heterocycles. The summed E-state index contributed by atoms with van der Waals surface area (Å²) < 4.78 is 12.7. The van der Waals surface area contributed by atoms with E-state index in [-0.39, 0.29) is 24.0 Å². The first-order valence-corrected chi connectivity index (χ1v) is 14.1. The molecule has 194 valence electrons. The van der Waals surface area contributed by atoms with Crippen molar-refractivity contribution in [3.05, 3.63) is 11.6 Å². The van der Waals surface area contributed by atoms with Crippen molar-refractivity contribution in [3.8, 4) is 0 Å². The topological polar surface area (TPSA) is 76.1 Å². The zero-order chi connectivity index (χ0) is 24.8. The van der Waals surface area contributed by atoms with Gasteiger partial charge in [0.2, 0.25) is 0 Å². The maximum atomic E-state index is 13.5. The van der Waals surface area contributed by atoms with Crippen molar-refractivity contribution >= 4 is 12.3 Å². The van der Waals surface area contributed by atoms with Crippen LogP contribution in [0.15, 0.2) is 11.6 Å². The Morgan fingerprint density at radius 1 is 1.26 bits per heavy atom. The van der Waals surface area contributed by atoms with E-state index >= 15 is 0 Å². The highest BCUT2D eigenvalue weighted by Crippen LogP contribution is 2.82. The molecule has 1 heterocycles. The average molecular weight is 486 g/mol. The van der Waals surface area contributed by atoms with Gasteiger partial charge in [0.05, 0.1) is 18.6 Å². The molecule has 0 aromatic rings. The first kappa shape index (κ1) is 24.1. The number of nitrogens with zero attached hydrogens (tertiary/aromatic N) is 1. The van der Waals surface area contributed by atoms with Crippen LogP contribution in [0.5, 0.6) is 0 Å². The molecule has 1 N–H and O–H groups in total. The Hall–Kier alpha value is -1.24. The zero-order valence-corrected chi connectivity index (χ0v) is 21.9. The SMILES string of the molecule is CC(C)C1=CC2CC3(C=O)[C@@H]4CC[C@@H](C)[C@H]4CC2(CO[C@H]2CN(CC4CC4)[C@H](C)CO2)[C@]13C(=O)O. The summed E-state index contributed by atoms with van der Waals surface area (Å²) in [6.45, 7) is 11.6. The number of carbonyl (C=O) groups is 2. The molecule has 9 atom stereocenters. The second kappa shape index (κ2) is 8.13. The lowest BCUT2D eigenvalue weighted by atomic mass is 9.43. The summed E-state index contributed by atoms with van der Waals surface area (Å²) in [5.41, 5.74) is -1.59. The molecule has 0 amide bonds. The van der Waals surface area contributed by atoms with Crippen LogP contribution in [-0.4, -0.2) is 60.9 Å². The summed E-state index contributed by atoms with van der Waals surface area (Å²) in [7, 11) is 0. The summed E-state index contributed by atoms with van der Waals surface area (Å²) in [6.07, 6.45) is 9.20. The standard InChI is InChI=1S/C29H43NO5/c1-17(2)24-9-21-10-27(15-31)23-8-5-18(3)22(23)11-28(21,29(24,27)26(32)33)16-35-25-13-30(12-20-6-7-20)19(4)14-34-25/h9,15,17-23,25H,5-8,10-14,16H2,1-4H3,(H,32,33)/t18-,19-,21?,22-,23-,25+,27?,28?,29+/m1/s1. The fourth-order valence-corrected chi connectivity index (χ4v) is 9.64. The maximum Gasteiger partial charge on any atom is 0.315 e. The van der Waals surface area contributed by atoms with Crippen molar-refractivity contribution in [1.82, 2.24) is 4.90 Å². The molecule has 6 aliphatic rings. The van der Waals surface area contributed by atoms with Crippen LogP contribution in [0.3, 0.4) is 0 Å². The third-order valence-electron chi connectivity index (χ3n) is 11.4. The number of carboxylic acid groups (broad SMARTS) is 1. The van der Waals surface area contributed by atoms with Crippen molar-refractivity contribution in [2.45, 2.75) is 78.6 Å². The number of hydrogen-bond donors (Lipinski definition) is 1. The predicted molar refractivity (Wildman–Crippen MR) is 131 cm³/mol. The van der Waals surface area contributed by atoms with Crippen molar-refractivity contribution in [3.63, 3.8) is 0 Å². The summed E-state index contributed by atoms with van der Waals surface area (Å²) in [5.74, 6) is 1.23. The van der Waals surface area contributed by atoms with Crippen LogP contribution >= 0.6 is 0 Å². The van der Waals surface area contributed by atoms with Gasteiger partial charge in [-0.05, 0) is 74.5 Å². The van der Waals surface area contributed by atoms with Crippen molar-refractivity contribution in [2.75, 3.05) is 26.3 Å². The van der Waals surface area contributed by atoms with Gasteiger partial charge in [-0.15, -0.1) is 0 Å². The lowest BCUT2D eigenvalue weighted by molar-refractivity contribution is -0.228. The molecule has 0 radical (unpaired) electrons. The van der Waals surface area contributed by atoms with E-state index in [0.717, 1.165) is 50.1 Å². The number of carbonyl (C=O) groups excluding carboxylic acids is 1. The number of ether oxygens (including phenoxy) is 2. The van der Waals surface area contributed by atoms with E-state index in [0.29, 0.717) is 37.5 Å². The number of hydrogen-bond acceptors (Lipinski definition) is 5. The number of fused-ring (bicyclic) bond motifs is 2. The van der Waals surface area contributed by atoms with Crippen molar-refractivity contribution in [1.29, 1.82) is 0 Å². The molecule has 4 saturated carbocycles. The minimum absolute atomic E-state index is 0.0732. The third-order valence-corrected chi connectivity index (χ3v) is 11.4. The smallest absolute Gasteiger partial charge is 0.315 e. The van der Waals surface area contributed by atoms with Gasteiger partial charge < -0.3 is 19.4 Å². The molecule has 1 saturated heterocycles. The molecule has 35 heavy (non-hydrogen) atoms. The monoisotopic (exact) mass is 485 g/mol. The molecule has 0 spiro atoms. The van der Waals surface area contributed by atoms with Crippen LogP contribution in [0.2, 0.25) is 0 Å². The van der Waals surface area contributed by atoms with Crippen LogP contribution in [0.1, 0.15) is 66.2 Å². The second-order valence-corrected chi connectivity index (χ2v) is 13.3. The van der Waals surface area contributed by atoms with E-state index in [1.807, 2.05) is 0 Å². The molecule has 6 heteroatoms. The van der Waals surface area contributed by atoms with E-state index in [1.165, 1.54) is 12.8 Å². The second-order valence-electron chi connectivity index (χ2n) is 13.3. The number of aldehydes is 1. The van der Waals surface area contributed by atoms with Crippen LogP contribution in [0.4, 0.5) is 0 Å². The molecule has 6 rings (SSSR count). The number of morpholine rings is 1. The zero-order valence-electron chi connectivity index (χ0n) is 21.9. The van der Waals surface area contributed by atoms with E-state index < -0.39 is 22.2 Å². The highest BCUT2D eigenvalue weighted by molar-refractivity contribution is 5.90. The van der Waals surface area contributed by atoms with E-state index in [1.54, 1.807) is 0 Å². The van der Waals surface area contributed by atoms with Crippen molar-refractivity contribution < 1.29 is 24.2 Å². The number of carboxylic acids is 1. The number of allylic oxidation sites excluding steroid dienone is 1. The van der Waals surface area contributed by atoms with Gasteiger partial charge in [-0.25, -0.2) is 0 Å². The number of aliphatic carboxylic acids is 1. The third kappa shape index (κ3) is 3.05. The molecule has 6 nitrogen and oxygen atoms in total. The Morgan fingerprint density at radius 3 is 2.69 bits per heavy atom. The average Bonchev–Trinajstić information content (AvgIpc) is 3.46.